The van der Waals surface area contributed by atoms with Crippen LogP contribution in [0.3, 0.4) is 0 Å². The molecule has 2 aliphatic rings. The van der Waals surface area contributed by atoms with Crippen LogP contribution in [0, 0.1) is 5.92 Å². The minimum Gasteiger partial charge on any atom is -0.496 e. The van der Waals surface area contributed by atoms with Crippen molar-refractivity contribution < 1.29 is 34.0 Å². The number of carboxylic acids is 1. The molecule has 0 saturated carbocycles. The van der Waals surface area contributed by atoms with E-state index in [0.717, 1.165) is 0 Å². The molecule has 5 rings (SSSR count). The molecule has 1 aromatic heterocycles. The molecule has 0 radical (unpaired) electrons. The van der Waals surface area contributed by atoms with Crippen LogP contribution >= 0.6 is 11.6 Å². The van der Waals surface area contributed by atoms with Gasteiger partial charge in [-0.25, -0.2) is 9.78 Å². The lowest BCUT2D eigenvalue weighted by Gasteiger charge is -2.42. The van der Waals surface area contributed by atoms with Crippen molar-refractivity contribution in [1.82, 2.24) is 4.98 Å². The molecule has 1 spiro atoms. The number of methoxy groups -OCH3 is 2. The van der Waals surface area contributed by atoms with Crippen molar-refractivity contribution in [3.63, 3.8) is 0 Å². The SMILES string of the molecule is COc1cc(OC)c2c(c1Cl)OC1(C2=O)C(C)Cc2nc(C(=O)O)cc(-c3ccccc3)c2C1O. The molecule has 0 saturated heterocycles. The Kier molecular flexibility index (Phi) is 5.45. The molecule has 3 aromatic rings. The van der Waals surface area contributed by atoms with E-state index in [0.29, 0.717) is 22.4 Å². The van der Waals surface area contributed by atoms with Crippen molar-refractivity contribution in [1.29, 1.82) is 0 Å². The number of nitrogens with zero attached hydrogens (tertiary/aromatic N) is 1. The van der Waals surface area contributed by atoms with Gasteiger partial charge < -0.3 is 24.4 Å². The molecule has 2 heterocycles. The lowest BCUT2D eigenvalue weighted by molar-refractivity contribution is -0.0639. The number of ketones is 1. The molecule has 0 fully saturated rings. The number of rotatable bonds is 4. The van der Waals surface area contributed by atoms with Crippen LogP contribution in [0.25, 0.3) is 11.1 Å². The summed E-state index contributed by atoms with van der Waals surface area (Å²) in [5.41, 5.74) is 0.167. The first-order valence-electron chi connectivity index (χ1n) is 10.9. The van der Waals surface area contributed by atoms with Gasteiger partial charge in [-0.1, -0.05) is 48.9 Å². The van der Waals surface area contributed by atoms with E-state index in [1.54, 1.807) is 31.2 Å². The van der Waals surface area contributed by atoms with Crippen LogP contribution in [0.2, 0.25) is 5.02 Å². The molecule has 1 aliphatic carbocycles. The molecule has 9 heteroatoms. The monoisotopic (exact) mass is 495 g/mol. The Bertz CT molecular complexity index is 1370. The Hall–Kier alpha value is -3.62. The average Bonchev–Trinajstić information content (AvgIpc) is 3.17. The lowest BCUT2D eigenvalue weighted by Crippen LogP contribution is -2.55. The maximum absolute atomic E-state index is 14.0. The number of hydrogen-bond acceptors (Lipinski definition) is 7. The number of aromatic nitrogens is 1. The van der Waals surface area contributed by atoms with Crippen LogP contribution < -0.4 is 14.2 Å². The zero-order valence-electron chi connectivity index (χ0n) is 19.2. The Morgan fingerprint density at radius 1 is 1.17 bits per heavy atom. The van der Waals surface area contributed by atoms with Crippen LogP contribution in [0.5, 0.6) is 17.2 Å². The predicted molar refractivity (Wildman–Crippen MR) is 127 cm³/mol. The smallest absolute Gasteiger partial charge is 0.354 e. The summed E-state index contributed by atoms with van der Waals surface area (Å²) in [6.45, 7) is 1.75. The van der Waals surface area contributed by atoms with E-state index in [1.165, 1.54) is 26.4 Å². The summed E-state index contributed by atoms with van der Waals surface area (Å²) in [6, 6.07) is 12.0. The zero-order valence-corrected chi connectivity index (χ0v) is 19.9. The number of carbonyl (C=O) groups is 2. The Morgan fingerprint density at radius 3 is 2.49 bits per heavy atom. The molecule has 180 valence electrons. The second kappa shape index (κ2) is 8.25. The summed E-state index contributed by atoms with van der Waals surface area (Å²) >= 11 is 6.51. The Balaban J connectivity index is 1.75. The highest BCUT2D eigenvalue weighted by atomic mass is 35.5. The lowest BCUT2D eigenvalue weighted by atomic mass is 9.68. The van der Waals surface area contributed by atoms with E-state index >= 15 is 0 Å². The fraction of sp³-hybridized carbons (Fsp3) is 0.269. The summed E-state index contributed by atoms with van der Waals surface area (Å²) in [5, 5.41) is 21.6. The topological polar surface area (TPSA) is 115 Å². The molecule has 0 bridgehead atoms. The van der Waals surface area contributed by atoms with Crippen LogP contribution in [0.4, 0.5) is 0 Å². The van der Waals surface area contributed by atoms with Crippen molar-refractivity contribution in [3.05, 3.63) is 70.0 Å². The van der Waals surface area contributed by atoms with E-state index in [1.807, 2.05) is 6.07 Å². The van der Waals surface area contributed by atoms with Gasteiger partial charge in [0.15, 0.2) is 5.75 Å². The number of carbonyl (C=O) groups excluding carboxylic acids is 1. The number of aliphatic hydroxyl groups is 1. The minimum absolute atomic E-state index is 0.0820. The number of benzene rings is 2. The van der Waals surface area contributed by atoms with Crippen LogP contribution in [0.15, 0.2) is 42.5 Å². The first-order valence-corrected chi connectivity index (χ1v) is 11.3. The molecule has 1 aliphatic heterocycles. The molecule has 0 amide bonds. The van der Waals surface area contributed by atoms with Gasteiger partial charge >= 0.3 is 5.97 Å². The third kappa shape index (κ3) is 3.20. The third-order valence-corrected chi connectivity index (χ3v) is 7.15. The van der Waals surface area contributed by atoms with Crippen molar-refractivity contribution >= 4 is 23.4 Å². The van der Waals surface area contributed by atoms with E-state index < -0.39 is 29.4 Å². The molecular weight excluding hydrogens is 474 g/mol. The maximum Gasteiger partial charge on any atom is 0.354 e. The summed E-state index contributed by atoms with van der Waals surface area (Å²) in [7, 11) is 2.86. The van der Waals surface area contributed by atoms with E-state index in [-0.39, 0.29) is 39.9 Å². The largest absolute Gasteiger partial charge is 0.496 e. The van der Waals surface area contributed by atoms with Crippen molar-refractivity contribution in [2.24, 2.45) is 5.92 Å². The normalized spacial score (nSPS) is 22.4. The number of aliphatic hydroxyl groups excluding tert-OH is 1. The van der Waals surface area contributed by atoms with Crippen LogP contribution in [-0.4, -0.2) is 46.8 Å². The summed E-state index contributed by atoms with van der Waals surface area (Å²) < 4.78 is 17.0. The standard InChI is InChI=1S/C26H22ClNO7/c1-12-9-15-19(14(10-16(28-15)25(31)32)13-7-5-4-6-8-13)23(29)26(12)24(30)20-17(33-2)11-18(34-3)21(27)22(20)35-26/h4-8,10-12,23,29H,9H2,1-3H3,(H,31,32). The maximum atomic E-state index is 14.0. The Morgan fingerprint density at radius 2 is 1.86 bits per heavy atom. The second-order valence-electron chi connectivity index (χ2n) is 8.62. The number of ether oxygens (including phenoxy) is 3. The van der Waals surface area contributed by atoms with E-state index in [9.17, 15) is 19.8 Å². The van der Waals surface area contributed by atoms with Crippen molar-refractivity contribution in [2.75, 3.05) is 14.2 Å². The molecule has 35 heavy (non-hydrogen) atoms. The number of aromatic carboxylic acids is 1. The molecule has 8 nitrogen and oxygen atoms in total. The summed E-state index contributed by atoms with van der Waals surface area (Å²) in [5.74, 6) is -1.66. The van der Waals surface area contributed by atoms with Gasteiger partial charge in [0.2, 0.25) is 11.4 Å². The number of Topliss-reactive ketones (excluding diaryl/α,β-unsaturated/α-hetero) is 1. The highest BCUT2D eigenvalue weighted by Gasteiger charge is 2.62. The van der Waals surface area contributed by atoms with Gasteiger partial charge in [-0.05, 0) is 23.6 Å². The highest BCUT2D eigenvalue weighted by molar-refractivity contribution is 6.35. The number of fused-ring (bicyclic) bond motifs is 2. The molecular formula is C26H22ClNO7. The van der Waals surface area contributed by atoms with Crippen molar-refractivity contribution in [2.45, 2.75) is 25.0 Å². The average molecular weight is 496 g/mol. The first-order chi connectivity index (χ1) is 16.7. The number of hydrogen-bond donors (Lipinski definition) is 2. The summed E-state index contributed by atoms with van der Waals surface area (Å²) in [6.07, 6.45) is -1.26. The fourth-order valence-electron chi connectivity index (χ4n) is 5.08. The van der Waals surface area contributed by atoms with E-state index in [2.05, 4.69) is 4.98 Å². The van der Waals surface area contributed by atoms with Gasteiger partial charge in [-0.15, -0.1) is 0 Å². The molecule has 3 unspecified atom stereocenters. The van der Waals surface area contributed by atoms with E-state index in [4.69, 9.17) is 25.8 Å². The van der Waals surface area contributed by atoms with Crippen LogP contribution in [-0.2, 0) is 6.42 Å². The molecule has 2 aromatic carbocycles. The predicted octanol–water partition coefficient (Wildman–Crippen LogP) is 4.36. The zero-order chi connectivity index (χ0) is 25.1. The Labute approximate surface area is 206 Å². The summed E-state index contributed by atoms with van der Waals surface area (Å²) in [4.78, 5) is 30.1. The van der Waals surface area contributed by atoms with Gasteiger partial charge in [-0.2, -0.15) is 0 Å². The molecule has 3 atom stereocenters. The number of carboxylic acid groups (broad SMARTS) is 1. The first kappa shape index (κ1) is 23.1. The van der Waals surface area contributed by atoms with Crippen LogP contribution in [0.1, 0.15) is 45.1 Å². The van der Waals surface area contributed by atoms with Gasteiger partial charge in [0.05, 0.1) is 14.2 Å². The quantitative estimate of drug-likeness (QED) is 0.548. The second-order valence-corrected chi connectivity index (χ2v) is 9.00. The minimum atomic E-state index is -1.71. The highest BCUT2D eigenvalue weighted by Crippen LogP contribution is 2.57. The fourth-order valence-corrected chi connectivity index (χ4v) is 5.35. The van der Waals surface area contributed by atoms with Crippen molar-refractivity contribution in [3.8, 4) is 28.4 Å². The molecule has 2 N–H and O–H groups in total. The van der Waals surface area contributed by atoms with Gasteiger partial charge in [0.25, 0.3) is 0 Å². The number of pyridine rings is 1. The van der Waals surface area contributed by atoms with Gasteiger partial charge in [0, 0.05) is 23.2 Å². The third-order valence-electron chi connectivity index (χ3n) is 6.80. The van der Waals surface area contributed by atoms with Gasteiger partial charge in [0.1, 0.15) is 33.9 Å². The number of halogens is 1. The van der Waals surface area contributed by atoms with Gasteiger partial charge in [-0.3, -0.25) is 4.79 Å².